The summed E-state index contributed by atoms with van der Waals surface area (Å²) in [7, 11) is -3.20. The molecule has 2 amide bonds. The van der Waals surface area contributed by atoms with Gasteiger partial charge in [-0.1, -0.05) is 30.3 Å². The molecule has 30 heavy (non-hydrogen) atoms. The summed E-state index contributed by atoms with van der Waals surface area (Å²) in [5.74, 6) is -1.74. The monoisotopic (exact) mass is 435 g/mol. The standard InChI is InChI=1S/C20H25N3O6S/c1-13(15-6-4-3-5-7-15)21-19(25)14(2)29-20(26)17-8-9-18(24)23(22-17)16-10-11-30(27,28)12-16/h3-7,13-14,16H,8-12H2,1-2H3,(H,21,25)/t13-,14+,16-/m0/s1. The van der Waals surface area contributed by atoms with Crippen LogP contribution in [0.5, 0.6) is 0 Å². The molecule has 1 saturated heterocycles. The van der Waals surface area contributed by atoms with Crippen molar-refractivity contribution in [1.82, 2.24) is 10.3 Å². The first kappa shape index (κ1) is 21.9. The minimum atomic E-state index is -3.20. The zero-order chi connectivity index (χ0) is 21.9. The van der Waals surface area contributed by atoms with Gasteiger partial charge in [0.25, 0.3) is 5.91 Å². The molecule has 2 heterocycles. The molecular weight excluding hydrogens is 410 g/mol. The van der Waals surface area contributed by atoms with E-state index in [1.807, 2.05) is 37.3 Å². The molecule has 0 unspecified atom stereocenters. The summed E-state index contributed by atoms with van der Waals surface area (Å²) in [5.41, 5.74) is 0.927. The Morgan fingerprint density at radius 3 is 2.53 bits per heavy atom. The van der Waals surface area contributed by atoms with E-state index < -0.39 is 33.9 Å². The van der Waals surface area contributed by atoms with Crippen molar-refractivity contribution in [3.05, 3.63) is 35.9 Å². The molecule has 2 aliphatic heterocycles. The fourth-order valence-electron chi connectivity index (χ4n) is 3.41. The average Bonchev–Trinajstić information content (AvgIpc) is 3.08. The highest BCUT2D eigenvalue weighted by Crippen LogP contribution is 2.22. The van der Waals surface area contributed by atoms with Crippen LogP contribution >= 0.6 is 0 Å². The van der Waals surface area contributed by atoms with Gasteiger partial charge in [-0.05, 0) is 25.8 Å². The molecule has 2 aliphatic rings. The molecule has 0 radical (unpaired) electrons. The smallest absolute Gasteiger partial charge is 0.355 e. The Hall–Kier alpha value is -2.75. The topological polar surface area (TPSA) is 122 Å². The van der Waals surface area contributed by atoms with Crippen LogP contribution in [0.2, 0.25) is 0 Å². The second-order valence-electron chi connectivity index (χ2n) is 7.53. The number of hydrogen-bond acceptors (Lipinski definition) is 7. The molecule has 162 valence electrons. The maximum atomic E-state index is 12.5. The largest absolute Gasteiger partial charge is 0.448 e. The molecule has 0 saturated carbocycles. The van der Waals surface area contributed by atoms with Crippen LogP contribution in [0.1, 0.15) is 44.7 Å². The highest BCUT2D eigenvalue weighted by molar-refractivity contribution is 7.91. The van der Waals surface area contributed by atoms with Gasteiger partial charge < -0.3 is 10.1 Å². The number of nitrogens with zero attached hydrogens (tertiary/aromatic N) is 2. The summed E-state index contributed by atoms with van der Waals surface area (Å²) >= 11 is 0. The zero-order valence-electron chi connectivity index (χ0n) is 16.9. The van der Waals surface area contributed by atoms with Crippen molar-refractivity contribution in [2.45, 2.75) is 51.3 Å². The van der Waals surface area contributed by atoms with Crippen LogP contribution in [0.4, 0.5) is 0 Å². The Balaban J connectivity index is 1.60. The Kier molecular flexibility index (Phi) is 6.55. The van der Waals surface area contributed by atoms with Crippen molar-refractivity contribution in [2.75, 3.05) is 11.5 Å². The third-order valence-corrected chi connectivity index (χ3v) is 6.91. The lowest BCUT2D eigenvalue weighted by Gasteiger charge is -2.27. The van der Waals surface area contributed by atoms with Crippen LogP contribution in [0, 0.1) is 0 Å². The van der Waals surface area contributed by atoms with Gasteiger partial charge >= 0.3 is 5.97 Å². The number of carbonyl (C=O) groups is 3. The number of rotatable bonds is 6. The highest BCUT2D eigenvalue weighted by Gasteiger charge is 2.38. The van der Waals surface area contributed by atoms with Gasteiger partial charge in [0.05, 0.1) is 23.6 Å². The van der Waals surface area contributed by atoms with Gasteiger partial charge in [-0.15, -0.1) is 0 Å². The lowest BCUT2D eigenvalue weighted by molar-refractivity contribution is -0.149. The molecule has 0 aliphatic carbocycles. The molecule has 0 spiro atoms. The van der Waals surface area contributed by atoms with Crippen LogP contribution in [-0.4, -0.2) is 60.6 Å². The summed E-state index contributed by atoms with van der Waals surface area (Å²) in [6.07, 6.45) is -0.640. The summed E-state index contributed by atoms with van der Waals surface area (Å²) < 4.78 is 28.6. The Morgan fingerprint density at radius 1 is 1.20 bits per heavy atom. The van der Waals surface area contributed by atoms with Crippen LogP contribution in [0.3, 0.4) is 0 Å². The fraction of sp³-hybridized carbons (Fsp3) is 0.500. The van der Waals surface area contributed by atoms with E-state index in [1.165, 1.54) is 6.92 Å². The van der Waals surface area contributed by atoms with Crippen LogP contribution < -0.4 is 5.32 Å². The molecule has 3 rings (SSSR count). The number of nitrogens with one attached hydrogen (secondary N) is 1. The zero-order valence-corrected chi connectivity index (χ0v) is 17.7. The Labute approximate surface area is 175 Å². The fourth-order valence-corrected chi connectivity index (χ4v) is 5.10. The first-order valence-corrected chi connectivity index (χ1v) is 11.6. The Morgan fingerprint density at radius 2 is 1.90 bits per heavy atom. The van der Waals surface area contributed by atoms with Gasteiger partial charge in [0.2, 0.25) is 5.91 Å². The molecule has 9 nitrogen and oxygen atoms in total. The van der Waals surface area contributed by atoms with E-state index in [1.54, 1.807) is 0 Å². The van der Waals surface area contributed by atoms with E-state index in [9.17, 15) is 22.8 Å². The highest BCUT2D eigenvalue weighted by atomic mass is 32.2. The predicted octanol–water partition coefficient (Wildman–Crippen LogP) is 0.961. The predicted molar refractivity (Wildman–Crippen MR) is 109 cm³/mol. The summed E-state index contributed by atoms with van der Waals surface area (Å²) in [5, 5.41) is 7.94. The first-order chi connectivity index (χ1) is 14.2. The second-order valence-corrected chi connectivity index (χ2v) is 9.76. The number of carbonyl (C=O) groups excluding carboxylic acids is 3. The van der Waals surface area contributed by atoms with E-state index in [0.29, 0.717) is 0 Å². The lowest BCUT2D eigenvalue weighted by Crippen LogP contribution is -2.43. The van der Waals surface area contributed by atoms with E-state index in [2.05, 4.69) is 10.4 Å². The maximum absolute atomic E-state index is 12.5. The summed E-state index contributed by atoms with van der Waals surface area (Å²) in [4.78, 5) is 37.0. The molecule has 1 aromatic rings. The third kappa shape index (κ3) is 5.24. The van der Waals surface area contributed by atoms with E-state index in [4.69, 9.17) is 4.74 Å². The van der Waals surface area contributed by atoms with Gasteiger partial charge in [0, 0.05) is 12.8 Å². The number of hydrazone groups is 1. The maximum Gasteiger partial charge on any atom is 0.355 e. The minimum Gasteiger partial charge on any atom is -0.448 e. The van der Waals surface area contributed by atoms with E-state index >= 15 is 0 Å². The van der Waals surface area contributed by atoms with Crippen molar-refractivity contribution in [3.63, 3.8) is 0 Å². The van der Waals surface area contributed by atoms with Gasteiger partial charge in [0.15, 0.2) is 15.9 Å². The Bertz CT molecular complexity index is 960. The number of esters is 1. The first-order valence-electron chi connectivity index (χ1n) is 9.82. The van der Waals surface area contributed by atoms with Gasteiger partial charge in [-0.25, -0.2) is 18.2 Å². The van der Waals surface area contributed by atoms with Crippen LogP contribution in [0.15, 0.2) is 35.4 Å². The molecular formula is C20H25N3O6S. The normalized spacial score (nSPS) is 22.7. The average molecular weight is 436 g/mol. The number of benzene rings is 1. The number of hydrogen-bond donors (Lipinski definition) is 1. The van der Waals surface area contributed by atoms with Gasteiger partial charge in [0.1, 0.15) is 5.71 Å². The summed E-state index contributed by atoms with van der Waals surface area (Å²) in [6.45, 7) is 3.28. The van der Waals surface area contributed by atoms with Crippen molar-refractivity contribution < 1.29 is 27.5 Å². The molecule has 1 N–H and O–H groups in total. The summed E-state index contributed by atoms with van der Waals surface area (Å²) in [6, 6.07) is 8.54. The third-order valence-electron chi connectivity index (χ3n) is 5.16. The van der Waals surface area contributed by atoms with Gasteiger partial charge in [-0.2, -0.15) is 5.10 Å². The second kappa shape index (κ2) is 8.95. The van der Waals surface area contributed by atoms with E-state index in [-0.39, 0.29) is 48.4 Å². The minimum absolute atomic E-state index is 0.00640. The van der Waals surface area contributed by atoms with Crippen molar-refractivity contribution in [2.24, 2.45) is 5.10 Å². The molecule has 0 aromatic heterocycles. The molecule has 1 aromatic carbocycles. The molecule has 3 atom stereocenters. The van der Waals surface area contributed by atoms with Gasteiger partial charge in [-0.3, -0.25) is 9.59 Å². The molecule has 1 fully saturated rings. The molecule has 0 bridgehead atoms. The van der Waals surface area contributed by atoms with Crippen molar-refractivity contribution >= 4 is 33.3 Å². The van der Waals surface area contributed by atoms with E-state index in [0.717, 1.165) is 10.6 Å². The quantitative estimate of drug-likeness (QED) is 0.664. The SMILES string of the molecule is C[C@H](NC(=O)[C@@H](C)OC(=O)C1=NN([C@H]2CCS(=O)(=O)C2)C(=O)CC1)c1ccccc1. The van der Waals surface area contributed by atoms with Crippen LogP contribution in [0.25, 0.3) is 0 Å². The lowest BCUT2D eigenvalue weighted by atomic mass is 10.1. The number of sulfone groups is 1. The van der Waals surface area contributed by atoms with Crippen molar-refractivity contribution in [3.8, 4) is 0 Å². The van der Waals surface area contributed by atoms with Crippen molar-refractivity contribution in [1.29, 1.82) is 0 Å². The molecule has 10 heteroatoms. The van der Waals surface area contributed by atoms with Crippen LogP contribution in [-0.2, 0) is 29.0 Å². The number of ether oxygens (including phenoxy) is 1. The number of amides is 2.